The van der Waals surface area contributed by atoms with Gasteiger partial charge in [0.2, 0.25) is 5.91 Å². The van der Waals surface area contributed by atoms with Crippen molar-refractivity contribution in [2.24, 2.45) is 5.73 Å². The van der Waals surface area contributed by atoms with Gasteiger partial charge in [-0.25, -0.2) is 0 Å². The molecule has 3 N–H and O–H groups in total. The first kappa shape index (κ1) is 14.6. The second kappa shape index (κ2) is 6.57. The SMILES string of the molecule is NC(=O)C(NCC1CCCO1)c1ccc(Cl)c(Cl)c1. The fourth-order valence-electron chi connectivity index (χ4n) is 2.13. The van der Waals surface area contributed by atoms with Gasteiger partial charge in [-0.2, -0.15) is 0 Å². The smallest absolute Gasteiger partial charge is 0.239 e. The summed E-state index contributed by atoms with van der Waals surface area (Å²) in [6, 6.07) is 4.47. The number of nitrogens with one attached hydrogen (secondary N) is 1. The first-order valence-corrected chi connectivity index (χ1v) is 6.93. The zero-order chi connectivity index (χ0) is 13.8. The number of halogens is 2. The van der Waals surface area contributed by atoms with Crippen LogP contribution in [0.4, 0.5) is 0 Å². The Labute approximate surface area is 122 Å². The van der Waals surface area contributed by atoms with Crippen molar-refractivity contribution >= 4 is 29.1 Å². The van der Waals surface area contributed by atoms with Gasteiger partial charge in [-0.05, 0) is 30.5 Å². The average Bonchev–Trinajstić information content (AvgIpc) is 2.86. The molecular weight excluding hydrogens is 287 g/mol. The second-order valence-electron chi connectivity index (χ2n) is 4.55. The van der Waals surface area contributed by atoms with E-state index < -0.39 is 11.9 Å². The van der Waals surface area contributed by atoms with E-state index in [4.69, 9.17) is 33.7 Å². The lowest BCUT2D eigenvalue weighted by Crippen LogP contribution is -2.37. The first-order valence-electron chi connectivity index (χ1n) is 6.17. The Morgan fingerprint density at radius 1 is 1.47 bits per heavy atom. The lowest BCUT2D eigenvalue weighted by molar-refractivity contribution is -0.120. The number of primary amides is 1. The van der Waals surface area contributed by atoms with Gasteiger partial charge in [-0.1, -0.05) is 29.3 Å². The van der Waals surface area contributed by atoms with Crippen molar-refractivity contribution in [3.63, 3.8) is 0 Å². The maximum Gasteiger partial charge on any atom is 0.239 e. The molecule has 1 aromatic rings. The molecule has 2 atom stereocenters. The summed E-state index contributed by atoms with van der Waals surface area (Å²) in [4.78, 5) is 11.5. The molecule has 104 valence electrons. The first-order chi connectivity index (χ1) is 9.08. The van der Waals surface area contributed by atoms with Gasteiger partial charge in [-0.15, -0.1) is 0 Å². The molecule has 1 heterocycles. The molecule has 1 aliphatic rings. The van der Waals surface area contributed by atoms with Crippen molar-refractivity contribution in [3.8, 4) is 0 Å². The van der Waals surface area contributed by atoms with Crippen LogP contribution in [0.25, 0.3) is 0 Å². The van der Waals surface area contributed by atoms with Crippen LogP contribution < -0.4 is 11.1 Å². The Balaban J connectivity index is 2.05. The summed E-state index contributed by atoms with van der Waals surface area (Å²) in [5, 5.41) is 3.98. The molecule has 1 fully saturated rings. The highest BCUT2D eigenvalue weighted by Gasteiger charge is 2.22. The van der Waals surface area contributed by atoms with E-state index in [1.165, 1.54) is 0 Å². The Bertz CT molecular complexity index is 462. The molecule has 2 unspecified atom stereocenters. The van der Waals surface area contributed by atoms with Gasteiger partial charge in [0.15, 0.2) is 0 Å². The lowest BCUT2D eigenvalue weighted by atomic mass is 10.1. The molecule has 1 aliphatic heterocycles. The molecule has 1 aromatic carbocycles. The van der Waals surface area contributed by atoms with Gasteiger partial charge in [0.1, 0.15) is 6.04 Å². The van der Waals surface area contributed by atoms with Gasteiger partial charge in [-0.3, -0.25) is 10.1 Å². The molecule has 0 spiro atoms. The lowest BCUT2D eigenvalue weighted by Gasteiger charge is -2.18. The summed E-state index contributed by atoms with van der Waals surface area (Å²) >= 11 is 11.8. The highest BCUT2D eigenvalue weighted by atomic mass is 35.5. The van der Waals surface area contributed by atoms with Gasteiger partial charge in [0.25, 0.3) is 0 Å². The topological polar surface area (TPSA) is 64.4 Å². The highest BCUT2D eigenvalue weighted by Crippen LogP contribution is 2.25. The zero-order valence-electron chi connectivity index (χ0n) is 10.4. The van der Waals surface area contributed by atoms with Crippen molar-refractivity contribution in [3.05, 3.63) is 33.8 Å². The number of amides is 1. The molecule has 0 saturated carbocycles. The van der Waals surface area contributed by atoms with E-state index in [1.54, 1.807) is 18.2 Å². The Hall–Kier alpha value is -0.810. The number of hydrogen-bond acceptors (Lipinski definition) is 3. The molecular formula is C13H16Cl2N2O2. The minimum Gasteiger partial charge on any atom is -0.377 e. The van der Waals surface area contributed by atoms with E-state index in [1.807, 2.05) is 0 Å². The third kappa shape index (κ3) is 3.83. The van der Waals surface area contributed by atoms with Crippen LogP contribution in [0.3, 0.4) is 0 Å². The number of carbonyl (C=O) groups excluding carboxylic acids is 1. The van der Waals surface area contributed by atoms with E-state index in [2.05, 4.69) is 5.32 Å². The van der Waals surface area contributed by atoms with Crippen molar-refractivity contribution in [2.75, 3.05) is 13.2 Å². The van der Waals surface area contributed by atoms with Gasteiger partial charge in [0.05, 0.1) is 16.1 Å². The average molecular weight is 303 g/mol. The quantitative estimate of drug-likeness (QED) is 0.877. The second-order valence-corrected chi connectivity index (χ2v) is 5.37. The number of benzene rings is 1. The fraction of sp³-hybridized carbons (Fsp3) is 0.462. The van der Waals surface area contributed by atoms with Gasteiger partial charge in [0, 0.05) is 13.2 Å². The van der Waals surface area contributed by atoms with E-state index in [0.29, 0.717) is 22.2 Å². The summed E-state index contributed by atoms with van der Waals surface area (Å²) in [5.74, 6) is -0.448. The maximum absolute atomic E-state index is 11.5. The number of ether oxygens (including phenoxy) is 1. The molecule has 1 amide bonds. The Morgan fingerprint density at radius 2 is 2.26 bits per heavy atom. The predicted octanol–water partition coefficient (Wildman–Crippen LogP) is 2.29. The van der Waals surface area contributed by atoms with Gasteiger partial charge < -0.3 is 10.5 Å². The van der Waals surface area contributed by atoms with Crippen LogP contribution in [0.2, 0.25) is 10.0 Å². The fourth-order valence-corrected chi connectivity index (χ4v) is 2.44. The molecule has 4 nitrogen and oxygen atoms in total. The molecule has 19 heavy (non-hydrogen) atoms. The maximum atomic E-state index is 11.5. The normalized spacial score (nSPS) is 20.4. The van der Waals surface area contributed by atoms with Crippen LogP contribution in [0.15, 0.2) is 18.2 Å². The number of nitrogens with two attached hydrogens (primary N) is 1. The standard InChI is InChI=1S/C13H16Cl2N2O2/c14-10-4-3-8(6-11(10)15)12(13(16)18)17-7-9-2-1-5-19-9/h3-4,6,9,12,17H,1-2,5,7H2,(H2,16,18). The monoisotopic (exact) mass is 302 g/mol. The summed E-state index contributed by atoms with van der Waals surface area (Å²) in [6.45, 7) is 1.37. The van der Waals surface area contributed by atoms with Crippen LogP contribution in [-0.2, 0) is 9.53 Å². The van der Waals surface area contributed by atoms with Crippen molar-refractivity contribution in [1.82, 2.24) is 5.32 Å². The molecule has 6 heteroatoms. The van der Waals surface area contributed by atoms with Crippen LogP contribution in [0.5, 0.6) is 0 Å². The number of hydrogen-bond donors (Lipinski definition) is 2. The third-order valence-corrected chi connectivity index (χ3v) is 3.87. The number of carbonyl (C=O) groups is 1. The third-order valence-electron chi connectivity index (χ3n) is 3.14. The van der Waals surface area contributed by atoms with Crippen molar-refractivity contribution < 1.29 is 9.53 Å². The highest BCUT2D eigenvalue weighted by molar-refractivity contribution is 6.42. The summed E-state index contributed by atoms with van der Waals surface area (Å²) in [6.07, 6.45) is 2.20. The summed E-state index contributed by atoms with van der Waals surface area (Å²) in [7, 11) is 0. The molecule has 1 saturated heterocycles. The number of rotatable bonds is 5. The van der Waals surface area contributed by atoms with Crippen molar-refractivity contribution in [1.29, 1.82) is 0 Å². The summed E-state index contributed by atoms with van der Waals surface area (Å²) < 4.78 is 5.50. The molecule has 0 bridgehead atoms. The van der Waals surface area contributed by atoms with E-state index in [0.717, 1.165) is 19.4 Å². The minimum absolute atomic E-state index is 0.143. The zero-order valence-corrected chi connectivity index (χ0v) is 11.9. The van der Waals surface area contributed by atoms with Gasteiger partial charge >= 0.3 is 0 Å². The summed E-state index contributed by atoms with van der Waals surface area (Å²) in [5.41, 5.74) is 6.13. The molecule has 0 aromatic heterocycles. The van der Waals surface area contributed by atoms with Crippen LogP contribution in [-0.4, -0.2) is 25.2 Å². The minimum atomic E-state index is -0.584. The molecule has 0 aliphatic carbocycles. The largest absolute Gasteiger partial charge is 0.377 e. The van der Waals surface area contributed by atoms with Crippen LogP contribution in [0.1, 0.15) is 24.4 Å². The van der Waals surface area contributed by atoms with Crippen molar-refractivity contribution in [2.45, 2.75) is 25.0 Å². The molecule has 2 rings (SSSR count). The van der Waals surface area contributed by atoms with E-state index >= 15 is 0 Å². The van der Waals surface area contributed by atoms with E-state index in [9.17, 15) is 4.79 Å². The predicted molar refractivity (Wildman–Crippen MR) is 75.4 cm³/mol. The Kier molecular flexibility index (Phi) is 5.05. The van der Waals surface area contributed by atoms with E-state index in [-0.39, 0.29) is 6.10 Å². The Morgan fingerprint density at radius 3 is 2.84 bits per heavy atom. The van der Waals surface area contributed by atoms with Crippen LogP contribution >= 0.6 is 23.2 Å². The molecule has 0 radical (unpaired) electrons. The van der Waals surface area contributed by atoms with Crippen LogP contribution in [0, 0.1) is 0 Å².